The Hall–Kier alpha value is -0.580. The summed E-state index contributed by atoms with van der Waals surface area (Å²) in [5.41, 5.74) is 0.387. The lowest BCUT2D eigenvalue weighted by molar-refractivity contribution is 0.0794. The highest BCUT2D eigenvalue weighted by molar-refractivity contribution is 9.10. The van der Waals surface area contributed by atoms with Crippen LogP contribution >= 0.6 is 15.9 Å². The molecule has 1 rings (SSSR count). The van der Waals surface area contributed by atoms with Crippen molar-refractivity contribution in [1.29, 1.82) is 0 Å². The zero-order valence-corrected chi connectivity index (χ0v) is 11.5. The first kappa shape index (κ1) is 13.5. The Bertz CT molecular complexity index is 347. The highest BCUT2D eigenvalue weighted by atomic mass is 79.9. The van der Waals surface area contributed by atoms with Crippen molar-refractivity contribution < 1.29 is 9.84 Å². The summed E-state index contributed by atoms with van der Waals surface area (Å²) >= 11 is 3.40. The van der Waals surface area contributed by atoms with Crippen LogP contribution in [0.25, 0.3) is 0 Å². The molecule has 0 radical (unpaired) electrons. The van der Waals surface area contributed by atoms with E-state index in [1.54, 1.807) is 21.0 Å². The second-order valence-corrected chi connectivity index (χ2v) is 5.29. The second-order valence-electron chi connectivity index (χ2n) is 4.37. The fourth-order valence-corrected chi connectivity index (χ4v) is 1.71. The van der Waals surface area contributed by atoms with Gasteiger partial charge in [-0.2, -0.15) is 0 Å². The molecular formula is C12H18BrNO2. The molecule has 0 aliphatic heterocycles. The van der Waals surface area contributed by atoms with E-state index in [0.717, 1.165) is 15.8 Å². The van der Waals surface area contributed by atoms with Gasteiger partial charge in [0.2, 0.25) is 0 Å². The van der Waals surface area contributed by atoms with Gasteiger partial charge in [-0.25, -0.2) is 0 Å². The summed E-state index contributed by atoms with van der Waals surface area (Å²) in [6.45, 7) is 4.78. The van der Waals surface area contributed by atoms with E-state index in [1.807, 2.05) is 18.2 Å². The molecular weight excluding hydrogens is 270 g/mol. The average Bonchev–Trinajstić information content (AvgIpc) is 2.18. The van der Waals surface area contributed by atoms with E-state index in [1.165, 1.54) is 0 Å². The molecule has 0 saturated carbocycles. The Balaban J connectivity index is 2.60. The van der Waals surface area contributed by atoms with Crippen molar-refractivity contribution in [3.63, 3.8) is 0 Å². The molecule has 0 heterocycles. The molecule has 0 unspecified atom stereocenters. The number of methoxy groups -OCH3 is 1. The van der Waals surface area contributed by atoms with Crippen molar-refractivity contribution in [2.45, 2.75) is 26.0 Å². The minimum atomic E-state index is -0.692. The first-order chi connectivity index (χ1) is 7.42. The number of benzene rings is 1. The van der Waals surface area contributed by atoms with Crippen LogP contribution in [0.15, 0.2) is 22.7 Å². The molecule has 0 aliphatic carbocycles. The van der Waals surface area contributed by atoms with Crippen LogP contribution < -0.4 is 10.1 Å². The quantitative estimate of drug-likeness (QED) is 0.873. The maximum Gasteiger partial charge on any atom is 0.124 e. The minimum absolute atomic E-state index is 0.548. The summed E-state index contributed by atoms with van der Waals surface area (Å²) in [5, 5.41) is 12.8. The van der Waals surface area contributed by atoms with Crippen molar-refractivity contribution in [2.24, 2.45) is 0 Å². The SMILES string of the molecule is COc1cc(Br)ccc1CNCC(C)(C)O. The van der Waals surface area contributed by atoms with Gasteiger partial charge in [-0.15, -0.1) is 0 Å². The molecule has 90 valence electrons. The van der Waals surface area contributed by atoms with E-state index >= 15 is 0 Å². The number of nitrogens with one attached hydrogen (secondary N) is 1. The first-order valence-corrected chi connectivity index (χ1v) is 5.97. The third-order valence-corrected chi connectivity index (χ3v) is 2.62. The smallest absolute Gasteiger partial charge is 0.124 e. The van der Waals surface area contributed by atoms with E-state index in [-0.39, 0.29) is 0 Å². The van der Waals surface area contributed by atoms with Gasteiger partial charge in [0.05, 0.1) is 12.7 Å². The fourth-order valence-electron chi connectivity index (χ4n) is 1.37. The second kappa shape index (κ2) is 5.66. The van der Waals surface area contributed by atoms with Crippen molar-refractivity contribution in [3.8, 4) is 5.75 Å². The Kier molecular flexibility index (Phi) is 4.77. The Labute approximate surface area is 105 Å². The molecule has 0 amide bonds. The Morgan fingerprint density at radius 2 is 2.12 bits per heavy atom. The number of halogens is 1. The maximum atomic E-state index is 9.57. The van der Waals surface area contributed by atoms with Gasteiger partial charge in [-0.05, 0) is 26.0 Å². The molecule has 4 heteroatoms. The summed E-state index contributed by atoms with van der Waals surface area (Å²) in [6.07, 6.45) is 0. The standard InChI is InChI=1S/C12H18BrNO2/c1-12(2,15)8-14-7-9-4-5-10(13)6-11(9)16-3/h4-6,14-15H,7-8H2,1-3H3. The monoisotopic (exact) mass is 287 g/mol. The van der Waals surface area contributed by atoms with E-state index in [2.05, 4.69) is 21.2 Å². The molecule has 0 fully saturated rings. The van der Waals surface area contributed by atoms with Crippen molar-refractivity contribution in [2.75, 3.05) is 13.7 Å². The van der Waals surface area contributed by atoms with Crippen LogP contribution in [0.3, 0.4) is 0 Å². The summed E-state index contributed by atoms with van der Waals surface area (Å²) in [6, 6.07) is 5.91. The van der Waals surface area contributed by atoms with E-state index in [4.69, 9.17) is 4.74 Å². The normalized spacial score (nSPS) is 11.6. The molecule has 1 aromatic carbocycles. The van der Waals surface area contributed by atoms with Gasteiger partial charge in [-0.3, -0.25) is 0 Å². The van der Waals surface area contributed by atoms with E-state index in [0.29, 0.717) is 13.1 Å². The zero-order chi connectivity index (χ0) is 12.2. The first-order valence-electron chi connectivity index (χ1n) is 5.18. The van der Waals surface area contributed by atoms with Gasteiger partial charge in [-0.1, -0.05) is 22.0 Å². The molecule has 0 atom stereocenters. The molecule has 1 aromatic rings. The zero-order valence-electron chi connectivity index (χ0n) is 9.88. The lowest BCUT2D eigenvalue weighted by Crippen LogP contribution is -2.34. The number of ether oxygens (including phenoxy) is 1. The predicted octanol–water partition coefficient (Wildman–Crippen LogP) is 2.32. The molecule has 0 aromatic heterocycles. The van der Waals surface area contributed by atoms with Gasteiger partial charge in [0.1, 0.15) is 5.75 Å². The molecule has 0 bridgehead atoms. The van der Waals surface area contributed by atoms with Gasteiger partial charge in [0.15, 0.2) is 0 Å². The van der Waals surface area contributed by atoms with Crippen LogP contribution in [0, 0.1) is 0 Å². The van der Waals surface area contributed by atoms with Gasteiger partial charge in [0, 0.05) is 23.1 Å². The molecule has 0 saturated heterocycles. The summed E-state index contributed by atoms with van der Waals surface area (Å²) in [7, 11) is 1.65. The van der Waals surface area contributed by atoms with Gasteiger partial charge < -0.3 is 15.2 Å². The molecule has 16 heavy (non-hydrogen) atoms. The Morgan fingerprint density at radius 1 is 1.44 bits per heavy atom. The van der Waals surface area contributed by atoms with Gasteiger partial charge in [0.25, 0.3) is 0 Å². The third kappa shape index (κ3) is 4.51. The predicted molar refractivity (Wildman–Crippen MR) is 68.7 cm³/mol. The van der Waals surface area contributed by atoms with Crippen LogP contribution in [0.1, 0.15) is 19.4 Å². The molecule has 0 aliphatic rings. The molecule has 3 nitrogen and oxygen atoms in total. The molecule has 2 N–H and O–H groups in total. The lowest BCUT2D eigenvalue weighted by Gasteiger charge is -2.18. The minimum Gasteiger partial charge on any atom is -0.496 e. The van der Waals surface area contributed by atoms with Crippen LogP contribution in [0.5, 0.6) is 5.75 Å². The van der Waals surface area contributed by atoms with E-state index in [9.17, 15) is 5.11 Å². The van der Waals surface area contributed by atoms with Crippen LogP contribution in [0.4, 0.5) is 0 Å². The van der Waals surface area contributed by atoms with Crippen molar-refractivity contribution >= 4 is 15.9 Å². The number of hydrogen-bond acceptors (Lipinski definition) is 3. The lowest BCUT2D eigenvalue weighted by atomic mass is 10.1. The average molecular weight is 288 g/mol. The fraction of sp³-hybridized carbons (Fsp3) is 0.500. The summed E-state index contributed by atoms with van der Waals surface area (Å²) in [4.78, 5) is 0. The molecule has 0 spiro atoms. The largest absolute Gasteiger partial charge is 0.496 e. The van der Waals surface area contributed by atoms with Crippen molar-refractivity contribution in [3.05, 3.63) is 28.2 Å². The van der Waals surface area contributed by atoms with Crippen LogP contribution in [-0.4, -0.2) is 24.4 Å². The highest BCUT2D eigenvalue weighted by Crippen LogP contribution is 2.23. The maximum absolute atomic E-state index is 9.57. The van der Waals surface area contributed by atoms with Crippen molar-refractivity contribution in [1.82, 2.24) is 5.32 Å². The highest BCUT2D eigenvalue weighted by Gasteiger charge is 2.11. The van der Waals surface area contributed by atoms with Crippen LogP contribution in [-0.2, 0) is 6.54 Å². The van der Waals surface area contributed by atoms with Crippen LogP contribution in [0.2, 0.25) is 0 Å². The van der Waals surface area contributed by atoms with Gasteiger partial charge >= 0.3 is 0 Å². The Morgan fingerprint density at radius 3 is 2.69 bits per heavy atom. The summed E-state index contributed by atoms with van der Waals surface area (Å²) < 4.78 is 6.27. The number of aliphatic hydroxyl groups is 1. The third-order valence-electron chi connectivity index (χ3n) is 2.12. The number of rotatable bonds is 5. The van der Waals surface area contributed by atoms with E-state index < -0.39 is 5.60 Å². The summed E-state index contributed by atoms with van der Waals surface area (Å²) in [5.74, 6) is 0.845. The number of hydrogen-bond donors (Lipinski definition) is 2. The topological polar surface area (TPSA) is 41.5 Å².